The van der Waals surface area contributed by atoms with Gasteiger partial charge in [0.15, 0.2) is 34.3 Å². The van der Waals surface area contributed by atoms with E-state index in [1.807, 2.05) is 4.57 Å². The van der Waals surface area contributed by atoms with Gasteiger partial charge in [-0.3, -0.25) is 9.47 Å². The number of nitrogen functional groups attached to an aromatic ring is 1. The summed E-state index contributed by atoms with van der Waals surface area (Å²) in [5.74, 6) is 0.354. The predicted molar refractivity (Wildman–Crippen MR) is 150 cm³/mol. The van der Waals surface area contributed by atoms with E-state index in [0.717, 1.165) is 42.8 Å². The number of ether oxygens (including phenoxy) is 1. The number of rotatable bonds is 14. The second-order valence-corrected chi connectivity index (χ2v) is 20.0. The fourth-order valence-corrected chi connectivity index (χ4v) is 11.5. The van der Waals surface area contributed by atoms with Crippen molar-refractivity contribution in [1.29, 1.82) is 0 Å². The molecule has 4 rings (SSSR count). The van der Waals surface area contributed by atoms with Crippen LogP contribution >= 0.6 is 0 Å². The molecule has 2 aliphatic rings. The van der Waals surface area contributed by atoms with Crippen LogP contribution in [0.3, 0.4) is 0 Å². The predicted octanol–water partition coefficient (Wildman–Crippen LogP) is 3.76. The van der Waals surface area contributed by atoms with Gasteiger partial charge in [-0.05, 0) is 36.3 Å². The second kappa shape index (κ2) is 11.8. The maximum Gasteiger partial charge on any atom is 0.192 e. The summed E-state index contributed by atoms with van der Waals surface area (Å²) in [6.45, 7) is 15.3. The second-order valence-electron chi connectivity index (χ2n) is 10.6. The van der Waals surface area contributed by atoms with E-state index in [0.29, 0.717) is 23.5 Å². The molecule has 3 N–H and O–H groups in total. The zero-order valence-corrected chi connectivity index (χ0v) is 25.4. The molecule has 10 nitrogen and oxygen atoms in total. The largest absolute Gasteiger partial charge is 0.408 e. The molecule has 2 saturated heterocycles. The lowest BCUT2D eigenvalue weighted by atomic mass is 10.1. The lowest BCUT2D eigenvalue weighted by Crippen LogP contribution is -2.52. The first kappa shape index (κ1) is 28.6. The normalized spacial score (nSPS) is 28.3. The van der Waals surface area contributed by atoms with E-state index < -0.39 is 22.9 Å². The lowest BCUT2D eigenvalue weighted by molar-refractivity contribution is -0.0352. The van der Waals surface area contributed by atoms with Crippen LogP contribution in [0, 0.1) is 0 Å². The summed E-state index contributed by atoms with van der Waals surface area (Å²) in [5.41, 5.74) is 7.34. The average Bonchev–Trinajstić information content (AvgIpc) is 3.42. The molecule has 2 aliphatic heterocycles. The Labute approximate surface area is 223 Å². The smallest absolute Gasteiger partial charge is 0.192 e. The van der Waals surface area contributed by atoms with Gasteiger partial charge in [0.1, 0.15) is 30.2 Å². The Hall–Kier alpha value is -1.42. The topological polar surface area (TPSA) is 121 Å². The first-order chi connectivity index (χ1) is 17.8. The van der Waals surface area contributed by atoms with Gasteiger partial charge < -0.3 is 24.4 Å². The third-order valence-corrected chi connectivity index (χ3v) is 18.3. The molecule has 6 atom stereocenters. The van der Waals surface area contributed by atoms with Crippen molar-refractivity contribution >= 4 is 33.6 Å². The Bertz CT molecular complexity index is 1020. The molecule has 2 fully saturated rings. The highest BCUT2D eigenvalue weighted by atomic mass is 28.4. The van der Waals surface area contributed by atoms with Crippen LogP contribution in [0.2, 0.25) is 36.3 Å². The third-order valence-electron chi connectivity index (χ3n) is 9.04. The number of imidazole rings is 1. The zero-order valence-electron chi connectivity index (χ0n) is 23.4. The molecular weight excluding hydrogens is 504 g/mol. The van der Waals surface area contributed by atoms with Gasteiger partial charge in [-0.2, -0.15) is 0 Å². The minimum atomic E-state index is -2.03. The molecular formula is C25H46N6O4Si2. The molecule has 4 unspecified atom stereocenters. The maximum absolute atomic E-state index is 9.70. The molecule has 4 heterocycles. The zero-order chi connectivity index (χ0) is 26.8. The number of aromatic nitrogens is 4. The summed E-state index contributed by atoms with van der Waals surface area (Å²) >= 11 is 0. The Morgan fingerprint density at radius 1 is 0.946 bits per heavy atom. The first-order valence-corrected chi connectivity index (χ1v) is 19.2. The van der Waals surface area contributed by atoms with E-state index in [9.17, 15) is 5.11 Å². The van der Waals surface area contributed by atoms with Crippen LogP contribution in [0.25, 0.3) is 11.2 Å². The van der Waals surface area contributed by atoms with Crippen LogP contribution in [0.5, 0.6) is 0 Å². The number of aliphatic hydroxyl groups is 1. The van der Waals surface area contributed by atoms with Gasteiger partial charge in [0.05, 0.1) is 12.9 Å². The molecule has 0 bridgehead atoms. The van der Waals surface area contributed by atoms with E-state index in [1.165, 1.54) is 6.33 Å². The lowest BCUT2D eigenvalue weighted by Gasteiger charge is -2.39. The number of fused-ring (bicyclic) bond motifs is 1. The van der Waals surface area contributed by atoms with Gasteiger partial charge in [-0.15, -0.1) is 0 Å². The number of hydrogen-bond donors (Lipinski definition) is 2. The Morgan fingerprint density at radius 3 is 2.08 bits per heavy atom. The maximum atomic E-state index is 9.70. The van der Waals surface area contributed by atoms with Crippen LogP contribution in [0.15, 0.2) is 12.7 Å². The molecule has 0 aromatic carbocycles. The highest BCUT2D eigenvalue weighted by molar-refractivity contribution is 6.74. The highest BCUT2D eigenvalue weighted by Gasteiger charge is 2.54. The molecule has 0 spiro atoms. The number of aliphatic hydroxyl groups excluding tert-OH is 1. The summed E-state index contributed by atoms with van der Waals surface area (Å²) in [5, 5.41) is 9.70. The van der Waals surface area contributed by atoms with E-state index in [-0.39, 0.29) is 31.0 Å². The molecule has 12 heteroatoms. The fraction of sp³-hybridized carbons (Fsp3) is 0.800. The van der Waals surface area contributed by atoms with E-state index >= 15 is 0 Å². The molecule has 2 aromatic heterocycles. The van der Waals surface area contributed by atoms with Crippen molar-refractivity contribution in [2.75, 3.05) is 25.4 Å². The standard InChI is InChI=1S/C25H46N6O4Si2/c1-7-36(8-2,9-3)34-21-19(14-30-13-18(30)15-32)33-25(22(21)35-37(10-4,11-5)12-6)31-17-29-20-23(26)27-16-28-24(20)31/h16-19,21-22,25,32H,7-15H2,1-6H3,(H2,26,27,28)/t18?,19-,21?,22?,25-,30?/m1/s1. The molecule has 0 aliphatic carbocycles. The van der Waals surface area contributed by atoms with Crippen molar-refractivity contribution < 1.29 is 18.7 Å². The van der Waals surface area contributed by atoms with Gasteiger partial charge >= 0.3 is 0 Å². The van der Waals surface area contributed by atoms with Crippen molar-refractivity contribution in [2.24, 2.45) is 0 Å². The summed E-state index contributed by atoms with van der Waals surface area (Å²) in [4.78, 5) is 15.4. The quantitative estimate of drug-likeness (QED) is 0.267. The van der Waals surface area contributed by atoms with Gasteiger partial charge in [-0.25, -0.2) is 15.0 Å². The Balaban J connectivity index is 1.79. The summed E-state index contributed by atoms with van der Waals surface area (Å²) in [6, 6.07) is 6.48. The highest BCUT2D eigenvalue weighted by Crippen LogP contribution is 2.42. The van der Waals surface area contributed by atoms with E-state index in [1.54, 1.807) is 6.33 Å². The molecule has 0 saturated carbocycles. The van der Waals surface area contributed by atoms with Crippen LogP contribution in [-0.2, 0) is 13.6 Å². The summed E-state index contributed by atoms with van der Waals surface area (Å²) in [6.07, 6.45) is 2.12. The van der Waals surface area contributed by atoms with Crippen LogP contribution in [0.4, 0.5) is 5.82 Å². The van der Waals surface area contributed by atoms with Crippen molar-refractivity contribution in [2.45, 2.75) is 108 Å². The van der Waals surface area contributed by atoms with Crippen molar-refractivity contribution in [3.05, 3.63) is 12.7 Å². The SMILES string of the molecule is CC[Si](CC)(CC)OC1C(O[Si](CC)(CC)CC)[C@@H](CN2CC2CO)O[C@H]1n1cnc2c(N)ncnc21. The number of nitrogens with two attached hydrogens (primary N) is 1. The fourth-order valence-electron chi connectivity index (χ4n) is 5.83. The molecule has 37 heavy (non-hydrogen) atoms. The number of nitrogens with zero attached hydrogens (tertiary/aromatic N) is 5. The Kier molecular flexibility index (Phi) is 9.09. The molecule has 0 radical (unpaired) electrons. The van der Waals surface area contributed by atoms with Crippen molar-refractivity contribution in [3.8, 4) is 0 Å². The van der Waals surface area contributed by atoms with Gasteiger partial charge in [0, 0.05) is 19.1 Å². The molecule has 2 aromatic rings. The van der Waals surface area contributed by atoms with Crippen molar-refractivity contribution in [3.63, 3.8) is 0 Å². The number of anilines is 1. The first-order valence-electron chi connectivity index (χ1n) is 14.1. The number of hydrogen-bond acceptors (Lipinski definition) is 9. The summed E-state index contributed by atoms with van der Waals surface area (Å²) < 4.78 is 23.3. The minimum Gasteiger partial charge on any atom is -0.408 e. The minimum absolute atomic E-state index is 0.166. The van der Waals surface area contributed by atoms with Gasteiger partial charge in [0.2, 0.25) is 0 Å². The van der Waals surface area contributed by atoms with Gasteiger partial charge in [-0.1, -0.05) is 41.5 Å². The molecule has 0 amide bonds. The third kappa shape index (κ3) is 5.52. The van der Waals surface area contributed by atoms with Crippen LogP contribution < -0.4 is 5.73 Å². The van der Waals surface area contributed by atoms with Crippen LogP contribution in [-0.4, -0.2) is 90.2 Å². The van der Waals surface area contributed by atoms with Crippen molar-refractivity contribution in [1.82, 2.24) is 24.4 Å². The summed E-state index contributed by atoms with van der Waals surface area (Å²) in [7, 11) is -4.01. The Morgan fingerprint density at radius 2 is 1.54 bits per heavy atom. The van der Waals surface area contributed by atoms with Gasteiger partial charge in [0.25, 0.3) is 0 Å². The van der Waals surface area contributed by atoms with Crippen LogP contribution in [0.1, 0.15) is 47.8 Å². The van der Waals surface area contributed by atoms with E-state index in [4.69, 9.17) is 19.3 Å². The van der Waals surface area contributed by atoms with E-state index in [2.05, 4.69) is 61.4 Å². The average molecular weight is 551 g/mol. The molecule has 208 valence electrons. The monoisotopic (exact) mass is 550 g/mol.